The number of hydrogen-bond acceptors (Lipinski definition) is 4. The molecule has 0 spiro atoms. The molecular weight excluding hydrogens is 266 g/mol. The zero-order chi connectivity index (χ0) is 14.5. The van der Waals surface area contributed by atoms with Crippen LogP contribution in [0.15, 0.2) is 24.3 Å². The molecule has 1 aromatic carbocycles. The van der Waals surface area contributed by atoms with E-state index in [2.05, 4.69) is 55.5 Å². The van der Waals surface area contributed by atoms with Crippen molar-refractivity contribution in [2.75, 3.05) is 26.0 Å². The zero-order valence-corrected chi connectivity index (χ0v) is 13.5. The minimum Gasteiger partial charge on any atom is -0.378 e. The third kappa shape index (κ3) is 3.38. The standard InChI is InChI=1S/C16H23N3S/c1-5-6-14-15(11-17-2)20-16(18-14)12-7-9-13(10-8-12)19(3)4/h7-10,17H,5-6,11H2,1-4H3. The van der Waals surface area contributed by atoms with Gasteiger partial charge in [0, 0.05) is 36.8 Å². The molecule has 3 nitrogen and oxygen atoms in total. The maximum atomic E-state index is 4.83. The fraction of sp³-hybridized carbons (Fsp3) is 0.438. The number of hydrogen-bond donors (Lipinski definition) is 1. The fourth-order valence-corrected chi connectivity index (χ4v) is 3.26. The number of benzene rings is 1. The molecule has 1 heterocycles. The molecule has 1 aromatic heterocycles. The number of rotatable bonds is 6. The van der Waals surface area contributed by atoms with Gasteiger partial charge in [0.25, 0.3) is 0 Å². The van der Waals surface area contributed by atoms with Gasteiger partial charge >= 0.3 is 0 Å². The normalized spacial score (nSPS) is 10.8. The van der Waals surface area contributed by atoms with Gasteiger partial charge < -0.3 is 10.2 Å². The Hall–Kier alpha value is -1.39. The molecule has 108 valence electrons. The van der Waals surface area contributed by atoms with E-state index in [1.54, 1.807) is 11.3 Å². The molecule has 1 N–H and O–H groups in total. The maximum Gasteiger partial charge on any atom is 0.123 e. The third-order valence-corrected chi connectivity index (χ3v) is 4.38. The first kappa shape index (κ1) is 15.0. The van der Waals surface area contributed by atoms with E-state index in [4.69, 9.17) is 4.98 Å². The van der Waals surface area contributed by atoms with E-state index in [1.807, 2.05) is 7.05 Å². The first-order valence-electron chi connectivity index (χ1n) is 7.06. The van der Waals surface area contributed by atoms with Gasteiger partial charge in [0.2, 0.25) is 0 Å². The summed E-state index contributed by atoms with van der Waals surface area (Å²) in [6.07, 6.45) is 2.20. The number of aryl methyl sites for hydroxylation is 1. The molecule has 0 atom stereocenters. The lowest BCUT2D eigenvalue weighted by Gasteiger charge is -2.11. The zero-order valence-electron chi connectivity index (χ0n) is 12.7. The summed E-state index contributed by atoms with van der Waals surface area (Å²) in [5.41, 5.74) is 3.67. The average molecular weight is 289 g/mol. The van der Waals surface area contributed by atoms with Crippen LogP contribution in [0, 0.1) is 0 Å². The van der Waals surface area contributed by atoms with Crippen molar-refractivity contribution in [2.45, 2.75) is 26.3 Å². The summed E-state index contributed by atoms with van der Waals surface area (Å²) >= 11 is 1.80. The van der Waals surface area contributed by atoms with Crippen LogP contribution in [0.4, 0.5) is 5.69 Å². The lowest BCUT2D eigenvalue weighted by molar-refractivity contribution is 0.798. The maximum absolute atomic E-state index is 4.83. The van der Waals surface area contributed by atoms with Gasteiger partial charge in [-0.3, -0.25) is 0 Å². The Morgan fingerprint density at radius 2 is 1.90 bits per heavy atom. The van der Waals surface area contributed by atoms with Gasteiger partial charge in [-0.05, 0) is 37.7 Å². The average Bonchev–Trinajstić information content (AvgIpc) is 2.83. The molecule has 0 radical (unpaired) electrons. The molecule has 0 saturated heterocycles. The Morgan fingerprint density at radius 1 is 1.20 bits per heavy atom. The lowest BCUT2D eigenvalue weighted by Crippen LogP contribution is -2.07. The first-order valence-corrected chi connectivity index (χ1v) is 7.88. The number of nitrogens with zero attached hydrogens (tertiary/aromatic N) is 2. The number of nitrogens with one attached hydrogen (secondary N) is 1. The summed E-state index contributed by atoms with van der Waals surface area (Å²) in [7, 11) is 6.10. The van der Waals surface area contributed by atoms with E-state index in [0.717, 1.165) is 24.4 Å². The highest BCUT2D eigenvalue weighted by Crippen LogP contribution is 2.30. The second-order valence-electron chi connectivity index (χ2n) is 5.11. The lowest BCUT2D eigenvalue weighted by atomic mass is 10.2. The Balaban J connectivity index is 2.29. The highest BCUT2D eigenvalue weighted by Gasteiger charge is 2.11. The molecule has 0 unspecified atom stereocenters. The van der Waals surface area contributed by atoms with Gasteiger partial charge in [0.1, 0.15) is 5.01 Å². The van der Waals surface area contributed by atoms with Crippen molar-refractivity contribution in [2.24, 2.45) is 0 Å². The molecule has 2 rings (SSSR count). The Morgan fingerprint density at radius 3 is 2.45 bits per heavy atom. The van der Waals surface area contributed by atoms with E-state index in [1.165, 1.54) is 21.8 Å². The minimum absolute atomic E-state index is 0.906. The Kier molecular flexibility index (Phi) is 5.15. The van der Waals surface area contributed by atoms with E-state index in [9.17, 15) is 0 Å². The summed E-state index contributed by atoms with van der Waals surface area (Å²) in [5, 5.41) is 4.36. The summed E-state index contributed by atoms with van der Waals surface area (Å²) in [4.78, 5) is 8.30. The topological polar surface area (TPSA) is 28.2 Å². The number of anilines is 1. The predicted molar refractivity (Wildman–Crippen MR) is 88.6 cm³/mol. The second-order valence-corrected chi connectivity index (χ2v) is 6.19. The predicted octanol–water partition coefficient (Wildman–Crippen LogP) is 3.55. The molecule has 20 heavy (non-hydrogen) atoms. The molecule has 0 amide bonds. The molecule has 0 aliphatic heterocycles. The van der Waals surface area contributed by atoms with Crippen LogP contribution in [0.2, 0.25) is 0 Å². The van der Waals surface area contributed by atoms with E-state index in [0.29, 0.717) is 0 Å². The molecule has 2 aromatic rings. The van der Waals surface area contributed by atoms with Crippen molar-refractivity contribution < 1.29 is 0 Å². The van der Waals surface area contributed by atoms with Crippen LogP contribution >= 0.6 is 11.3 Å². The summed E-state index contributed by atoms with van der Waals surface area (Å²) < 4.78 is 0. The summed E-state index contributed by atoms with van der Waals surface area (Å²) in [5.74, 6) is 0. The monoisotopic (exact) mass is 289 g/mol. The van der Waals surface area contributed by atoms with E-state index >= 15 is 0 Å². The van der Waals surface area contributed by atoms with Gasteiger partial charge in [-0.25, -0.2) is 4.98 Å². The van der Waals surface area contributed by atoms with E-state index < -0.39 is 0 Å². The highest BCUT2D eigenvalue weighted by atomic mass is 32.1. The SMILES string of the molecule is CCCc1nc(-c2ccc(N(C)C)cc2)sc1CNC. The highest BCUT2D eigenvalue weighted by molar-refractivity contribution is 7.15. The van der Waals surface area contributed by atoms with Gasteiger partial charge in [0.05, 0.1) is 5.69 Å². The summed E-state index contributed by atoms with van der Waals surface area (Å²) in [6.45, 7) is 3.11. The smallest absolute Gasteiger partial charge is 0.123 e. The molecule has 0 fully saturated rings. The van der Waals surface area contributed by atoms with Crippen LogP contribution in [0.1, 0.15) is 23.9 Å². The van der Waals surface area contributed by atoms with Crippen LogP contribution < -0.4 is 10.2 Å². The fourth-order valence-electron chi connectivity index (χ4n) is 2.14. The van der Waals surface area contributed by atoms with E-state index in [-0.39, 0.29) is 0 Å². The Labute approximate surface area is 125 Å². The van der Waals surface area contributed by atoms with Crippen molar-refractivity contribution in [3.05, 3.63) is 34.8 Å². The van der Waals surface area contributed by atoms with Crippen LogP contribution in [0.3, 0.4) is 0 Å². The van der Waals surface area contributed by atoms with Crippen molar-refractivity contribution in [3.63, 3.8) is 0 Å². The van der Waals surface area contributed by atoms with Crippen molar-refractivity contribution in [1.82, 2.24) is 10.3 Å². The molecule has 0 aliphatic rings. The van der Waals surface area contributed by atoms with Gasteiger partial charge in [-0.2, -0.15) is 0 Å². The molecule has 0 saturated carbocycles. The van der Waals surface area contributed by atoms with Crippen LogP contribution in [0.25, 0.3) is 10.6 Å². The quantitative estimate of drug-likeness (QED) is 0.881. The largest absolute Gasteiger partial charge is 0.378 e. The first-order chi connectivity index (χ1) is 9.65. The summed E-state index contributed by atoms with van der Waals surface area (Å²) in [6, 6.07) is 8.61. The van der Waals surface area contributed by atoms with Crippen LogP contribution in [0.5, 0.6) is 0 Å². The van der Waals surface area contributed by atoms with Gasteiger partial charge in [-0.15, -0.1) is 11.3 Å². The molecular formula is C16H23N3S. The van der Waals surface area contributed by atoms with Crippen LogP contribution in [-0.2, 0) is 13.0 Å². The van der Waals surface area contributed by atoms with Gasteiger partial charge in [0.15, 0.2) is 0 Å². The van der Waals surface area contributed by atoms with Crippen molar-refractivity contribution in [1.29, 1.82) is 0 Å². The second kappa shape index (κ2) is 6.86. The van der Waals surface area contributed by atoms with Gasteiger partial charge in [-0.1, -0.05) is 13.3 Å². The minimum atomic E-state index is 0.906. The van der Waals surface area contributed by atoms with Crippen molar-refractivity contribution in [3.8, 4) is 10.6 Å². The number of thiazole rings is 1. The van der Waals surface area contributed by atoms with Crippen LogP contribution in [-0.4, -0.2) is 26.1 Å². The molecule has 4 heteroatoms. The molecule has 0 aliphatic carbocycles. The Bertz CT molecular complexity index is 520. The third-order valence-electron chi connectivity index (χ3n) is 3.23. The van der Waals surface area contributed by atoms with Crippen molar-refractivity contribution >= 4 is 17.0 Å². The number of aromatic nitrogens is 1. The molecule has 0 bridgehead atoms.